The van der Waals surface area contributed by atoms with Crippen molar-refractivity contribution in [2.75, 3.05) is 12.3 Å². The number of anilines is 1. The van der Waals surface area contributed by atoms with Gasteiger partial charge in [0.1, 0.15) is 0 Å². The number of rotatable bonds is 6. The molecule has 0 aliphatic rings. The molecule has 1 aromatic carbocycles. The zero-order chi connectivity index (χ0) is 17.0. The van der Waals surface area contributed by atoms with Gasteiger partial charge in [-0.05, 0) is 31.5 Å². The standard InChI is InChI=1S/C17H22N2O4/c1-4-6-9-22-15-13-8-7-12(18)10-14(13)19(5-2)17(21)16(15)23-11(3)20/h7-8,10H,4-6,9,18H2,1-3H3. The van der Waals surface area contributed by atoms with Crippen molar-refractivity contribution < 1.29 is 14.3 Å². The van der Waals surface area contributed by atoms with E-state index in [2.05, 4.69) is 0 Å². The number of nitrogens with two attached hydrogens (primary N) is 1. The van der Waals surface area contributed by atoms with Gasteiger partial charge in [0.25, 0.3) is 5.56 Å². The molecule has 23 heavy (non-hydrogen) atoms. The Labute approximate surface area is 134 Å². The third-order valence-electron chi connectivity index (χ3n) is 3.51. The maximum Gasteiger partial charge on any atom is 0.308 e. The summed E-state index contributed by atoms with van der Waals surface area (Å²) in [5.41, 5.74) is 6.67. The van der Waals surface area contributed by atoms with Crippen LogP contribution in [-0.2, 0) is 11.3 Å². The molecule has 6 nitrogen and oxygen atoms in total. The number of ether oxygens (including phenoxy) is 2. The van der Waals surface area contributed by atoms with E-state index in [1.165, 1.54) is 11.5 Å². The van der Waals surface area contributed by atoms with Crippen molar-refractivity contribution in [3.05, 3.63) is 28.6 Å². The average molecular weight is 318 g/mol. The van der Waals surface area contributed by atoms with Crippen LogP contribution >= 0.6 is 0 Å². The lowest BCUT2D eigenvalue weighted by Gasteiger charge is -2.17. The van der Waals surface area contributed by atoms with E-state index >= 15 is 0 Å². The van der Waals surface area contributed by atoms with Crippen molar-refractivity contribution >= 4 is 22.6 Å². The van der Waals surface area contributed by atoms with Gasteiger partial charge in [-0.2, -0.15) is 0 Å². The van der Waals surface area contributed by atoms with E-state index in [0.717, 1.165) is 12.8 Å². The number of fused-ring (bicyclic) bond motifs is 1. The Morgan fingerprint density at radius 1 is 1.26 bits per heavy atom. The van der Waals surface area contributed by atoms with E-state index in [1.807, 2.05) is 13.8 Å². The van der Waals surface area contributed by atoms with Gasteiger partial charge in [-0.3, -0.25) is 9.59 Å². The fraction of sp³-hybridized carbons (Fsp3) is 0.412. The summed E-state index contributed by atoms with van der Waals surface area (Å²) < 4.78 is 12.5. The third-order valence-corrected chi connectivity index (χ3v) is 3.51. The van der Waals surface area contributed by atoms with Crippen molar-refractivity contribution in [3.63, 3.8) is 0 Å². The number of nitrogen functional groups attached to an aromatic ring is 1. The van der Waals surface area contributed by atoms with Crippen LogP contribution in [0, 0.1) is 0 Å². The number of unbranched alkanes of at least 4 members (excludes halogenated alkanes) is 1. The highest BCUT2D eigenvalue weighted by molar-refractivity contribution is 5.90. The molecule has 0 bridgehead atoms. The highest BCUT2D eigenvalue weighted by Crippen LogP contribution is 2.34. The molecule has 6 heteroatoms. The first kappa shape index (κ1) is 16.9. The van der Waals surface area contributed by atoms with E-state index in [-0.39, 0.29) is 5.75 Å². The van der Waals surface area contributed by atoms with Crippen LogP contribution < -0.4 is 20.8 Å². The normalized spacial score (nSPS) is 10.7. The van der Waals surface area contributed by atoms with E-state index in [0.29, 0.717) is 35.5 Å². The van der Waals surface area contributed by atoms with Crippen LogP contribution in [0.3, 0.4) is 0 Å². The minimum Gasteiger partial charge on any atom is -0.489 e. The first-order valence-corrected chi connectivity index (χ1v) is 7.76. The molecule has 0 atom stereocenters. The summed E-state index contributed by atoms with van der Waals surface area (Å²) in [7, 11) is 0. The van der Waals surface area contributed by atoms with Crippen molar-refractivity contribution in [2.45, 2.75) is 40.2 Å². The molecule has 1 aromatic heterocycles. The summed E-state index contributed by atoms with van der Waals surface area (Å²) >= 11 is 0. The zero-order valence-electron chi connectivity index (χ0n) is 13.7. The van der Waals surface area contributed by atoms with E-state index in [9.17, 15) is 9.59 Å². The summed E-state index contributed by atoms with van der Waals surface area (Å²) in [4.78, 5) is 24.1. The Kier molecular flexibility index (Phi) is 5.26. The van der Waals surface area contributed by atoms with Gasteiger partial charge in [-0.1, -0.05) is 13.3 Å². The average Bonchev–Trinajstić information content (AvgIpc) is 2.50. The molecular weight excluding hydrogens is 296 g/mol. The first-order valence-electron chi connectivity index (χ1n) is 7.76. The lowest BCUT2D eigenvalue weighted by molar-refractivity contribution is -0.132. The van der Waals surface area contributed by atoms with Crippen LogP contribution in [0.25, 0.3) is 10.9 Å². The van der Waals surface area contributed by atoms with Crippen molar-refractivity contribution in [1.82, 2.24) is 4.57 Å². The molecule has 1 heterocycles. The number of hydrogen-bond donors (Lipinski definition) is 1. The van der Waals surface area contributed by atoms with Crippen LogP contribution in [0.4, 0.5) is 5.69 Å². The molecule has 0 saturated heterocycles. The van der Waals surface area contributed by atoms with Gasteiger partial charge in [0.2, 0.25) is 5.75 Å². The van der Waals surface area contributed by atoms with Gasteiger partial charge >= 0.3 is 5.97 Å². The van der Waals surface area contributed by atoms with Gasteiger partial charge in [0.05, 0.1) is 12.1 Å². The lowest BCUT2D eigenvalue weighted by atomic mass is 10.1. The van der Waals surface area contributed by atoms with Crippen LogP contribution in [0.1, 0.15) is 33.6 Å². The van der Waals surface area contributed by atoms with Gasteiger partial charge in [0, 0.05) is 24.5 Å². The fourth-order valence-corrected chi connectivity index (χ4v) is 2.42. The predicted molar refractivity (Wildman–Crippen MR) is 90.0 cm³/mol. The van der Waals surface area contributed by atoms with Crippen molar-refractivity contribution in [3.8, 4) is 11.5 Å². The Morgan fingerprint density at radius 2 is 2.00 bits per heavy atom. The van der Waals surface area contributed by atoms with Crippen molar-refractivity contribution in [1.29, 1.82) is 0 Å². The fourth-order valence-electron chi connectivity index (χ4n) is 2.42. The molecule has 0 amide bonds. The largest absolute Gasteiger partial charge is 0.489 e. The van der Waals surface area contributed by atoms with Crippen LogP contribution in [0.2, 0.25) is 0 Å². The second-order valence-electron chi connectivity index (χ2n) is 5.28. The van der Waals surface area contributed by atoms with Crippen LogP contribution in [-0.4, -0.2) is 17.1 Å². The molecule has 0 fully saturated rings. The molecule has 0 spiro atoms. The number of nitrogens with zero attached hydrogens (tertiary/aromatic N) is 1. The monoisotopic (exact) mass is 318 g/mol. The number of pyridine rings is 1. The topological polar surface area (TPSA) is 83.5 Å². The van der Waals surface area contributed by atoms with Crippen LogP contribution in [0.15, 0.2) is 23.0 Å². The number of aromatic nitrogens is 1. The Bertz CT molecular complexity index is 780. The molecule has 0 unspecified atom stereocenters. The minimum absolute atomic E-state index is 0.0623. The number of esters is 1. The molecule has 2 N–H and O–H groups in total. The second kappa shape index (κ2) is 7.17. The minimum atomic E-state index is -0.556. The Morgan fingerprint density at radius 3 is 2.61 bits per heavy atom. The van der Waals surface area contributed by atoms with E-state index in [1.54, 1.807) is 18.2 Å². The number of carbonyl (C=O) groups is 1. The quantitative estimate of drug-likeness (QED) is 0.503. The molecule has 124 valence electrons. The molecular formula is C17H22N2O4. The number of benzene rings is 1. The Hall–Kier alpha value is -2.50. The molecule has 0 aliphatic carbocycles. The highest BCUT2D eigenvalue weighted by atomic mass is 16.6. The maximum atomic E-state index is 12.7. The summed E-state index contributed by atoms with van der Waals surface area (Å²) in [6.07, 6.45) is 1.80. The van der Waals surface area contributed by atoms with Crippen molar-refractivity contribution in [2.24, 2.45) is 0 Å². The maximum absolute atomic E-state index is 12.7. The molecule has 0 aliphatic heterocycles. The predicted octanol–water partition coefficient (Wildman–Crippen LogP) is 2.71. The summed E-state index contributed by atoms with van der Waals surface area (Å²) in [5, 5.41) is 0.702. The molecule has 0 saturated carbocycles. The van der Waals surface area contributed by atoms with Gasteiger partial charge in [-0.15, -0.1) is 0 Å². The first-order chi connectivity index (χ1) is 11.0. The van der Waals surface area contributed by atoms with Gasteiger partial charge < -0.3 is 19.8 Å². The molecule has 2 aromatic rings. The molecule has 2 rings (SSSR count). The van der Waals surface area contributed by atoms with Crippen LogP contribution in [0.5, 0.6) is 11.5 Å². The van der Waals surface area contributed by atoms with E-state index < -0.39 is 11.5 Å². The Balaban J connectivity index is 2.75. The number of carbonyl (C=O) groups excluding carboxylic acids is 1. The zero-order valence-corrected chi connectivity index (χ0v) is 13.7. The third kappa shape index (κ3) is 3.47. The second-order valence-corrected chi connectivity index (χ2v) is 5.28. The highest BCUT2D eigenvalue weighted by Gasteiger charge is 2.20. The smallest absolute Gasteiger partial charge is 0.308 e. The van der Waals surface area contributed by atoms with Gasteiger partial charge in [0.15, 0.2) is 5.75 Å². The van der Waals surface area contributed by atoms with Gasteiger partial charge in [-0.25, -0.2) is 0 Å². The SMILES string of the molecule is CCCCOc1c(OC(C)=O)c(=O)n(CC)c2cc(N)ccc12. The number of aryl methyl sites for hydroxylation is 1. The summed E-state index contributed by atoms with van der Waals surface area (Å²) in [5.74, 6) is -0.314. The van der Waals surface area contributed by atoms with E-state index in [4.69, 9.17) is 15.2 Å². The lowest BCUT2D eigenvalue weighted by Crippen LogP contribution is -2.24. The number of hydrogen-bond acceptors (Lipinski definition) is 5. The molecule has 0 radical (unpaired) electrons. The summed E-state index contributed by atoms with van der Waals surface area (Å²) in [6, 6.07) is 5.24. The summed E-state index contributed by atoms with van der Waals surface area (Å²) in [6.45, 7) is 6.03.